The Morgan fingerprint density at radius 3 is 2.06 bits per heavy atom. The summed E-state index contributed by atoms with van der Waals surface area (Å²) in [5.41, 5.74) is 2.97. The van der Waals surface area contributed by atoms with E-state index >= 15 is 0 Å². The van der Waals surface area contributed by atoms with Gasteiger partial charge in [0.25, 0.3) is 0 Å². The Hall–Kier alpha value is -0.560. The van der Waals surface area contributed by atoms with Crippen molar-refractivity contribution in [3.05, 3.63) is 23.3 Å². The van der Waals surface area contributed by atoms with E-state index in [9.17, 15) is 0 Å². The van der Waals surface area contributed by atoms with Crippen molar-refractivity contribution in [2.45, 2.75) is 53.9 Å². The molecule has 16 heavy (non-hydrogen) atoms. The lowest BCUT2D eigenvalue weighted by Crippen LogP contribution is -2.26. The number of nitrogens with zero attached hydrogens (tertiary/aromatic N) is 1. The van der Waals surface area contributed by atoms with Crippen LogP contribution in [-0.2, 0) is 0 Å². The highest BCUT2D eigenvalue weighted by Crippen LogP contribution is 2.13. The van der Waals surface area contributed by atoms with Gasteiger partial charge < -0.3 is 0 Å². The third-order valence-electron chi connectivity index (χ3n) is 2.85. The second kappa shape index (κ2) is 9.65. The van der Waals surface area contributed by atoms with Crippen LogP contribution in [-0.4, -0.2) is 24.5 Å². The highest BCUT2D eigenvalue weighted by molar-refractivity contribution is 5.30. The van der Waals surface area contributed by atoms with E-state index in [1.807, 2.05) is 0 Å². The van der Waals surface area contributed by atoms with Crippen LogP contribution in [0, 0.1) is 0 Å². The monoisotopic (exact) mass is 223 g/mol. The van der Waals surface area contributed by atoms with Gasteiger partial charge in [0.2, 0.25) is 0 Å². The van der Waals surface area contributed by atoms with Crippen LogP contribution in [0.4, 0.5) is 0 Å². The molecule has 0 rings (SSSR count). The topological polar surface area (TPSA) is 3.24 Å². The van der Waals surface area contributed by atoms with Crippen LogP contribution in [0.25, 0.3) is 0 Å². The highest BCUT2D eigenvalue weighted by atomic mass is 15.1. The zero-order valence-corrected chi connectivity index (χ0v) is 11.8. The standard InChI is InChI=1S/C15H29N/c1-6-10-14(5)15(11-7-2)13-16(9-4)12-8-3/h10-11H,6-9,12-13H2,1-5H3/b14-10-,15-11-. The van der Waals surface area contributed by atoms with Crippen LogP contribution in [0.5, 0.6) is 0 Å². The second-order valence-corrected chi connectivity index (χ2v) is 4.30. The van der Waals surface area contributed by atoms with Gasteiger partial charge in [-0.1, -0.05) is 45.4 Å². The minimum atomic E-state index is 1.11. The minimum Gasteiger partial charge on any atom is -0.299 e. The van der Waals surface area contributed by atoms with Crippen molar-refractivity contribution >= 4 is 0 Å². The number of rotatable bonds is 8. The molecular formula is C15H29N. The number of likely N-dealkylation sites (N-methyl/N-ethyl adjacent to an activating group) is 1. The Balaban J connectivity index is 4.55. The van der Waals surface area contributed by atoms with E-state index in [0.717, 1.165) is 25.9 Å². The first-order valence-corrected chi connectivity index (χ1v) is 6.77. The third-order valence-corrected chi connectivity index (χ3v) is 2.85. The van der Waals surface area contributed by atoms with E-state index in [1.165, 1.54) is 24.1 Å². The maximum absolute atomic E-state index is 2.52. The molecule has 0 aromatic heterocycles. The number of allylic oxidation sites excluding steroid dienone is 2. The van der Waals surface area contributed by atoms with Gasteiger partial charge in [-0.3, -0.25) is 4.90 Å². The molecule has 0 bridgehead atoms. The predicted octanol–water partition coefficient (Wildman–Crippen LogP) is 4.41. The summed E-state index contributed by atoms with van der Waals surface area (Å²) in [6.07, 6.45) is 8.21. The summed E-state index contributed by atoms with van der Waals surface area (Å²) in [6, 6.07) is 0. The molecule has 0 heterocycles. The van der Waals surface area contributed by atoms with Crippen LogP contribution < -0.4 is 0 Å². The molecule has 1 heteroatoms. The third kappa shape index (κ3) is 6.12. The van der Waals surface area contributed by atoms with E-state index in [4.69, 9.17) is 0 Å². The Bertz CT molecular complexity index is 226. The van der Waals surface area contributed by atoms with E-state index in [0.29, 0.717) is 0 Å². The number of hydrogen-bond donors (Lipinski definition) is 0. The van der Waals surface area contributed by atoms with Crippen molar-refractivity contribution in [3.8, 4) is 0 Å². The Labute approximate surface area is 102 Å². The molecule has 0 amide bonds. The van der Waals surface area contributed by atoms with Crippen LogP contribution in [0.3, 0.4) is 0 Å². The molecule has 0 unspecified atom stereocenters. The van der Waals surface area contributed by atoms with E-state index in [2.05, 4.69) is 51.7 Å². The first-order chi connectivity index (χ1) is 7.69. The largest absolute Gasteiger partial charge is 0.299 e. The molecule has 0 saturated heterocycles. The van der Waals surface area contributed by atoms with E-state index in [1.54, 1.807) is 0 Å². The first-order valence-electron chi connectivity index (χ1n) is 6.77. The first kappa shape index (κ1) is 15.4. The molecule has 0 aromatic carbocycles. The van der Waals surface area contributed by atoms with Crippen LogP contribution >= 0.6 is 0 Å². The molecule has 0 aliphatic heterocycles. The molecule has 0 radical (unpaired) electrons. The van der Waals surface area contributed by atoms with Crippen molar-refractivity contribution in [1.82, 2.24) is 4.90 Å². The van der Waals surface area contributed by atoms with Gasteiger partial charge >= 0.3 is 0 Å². The van der Waals surface area contributed by atoms with Gasteiger partial charge in [0.05, 0.1) is 0 Å². The molecule has 0 N–H and O–H groups in total. The molecule has 1 nitrogen and oxygen atoms in total. The summed E-state index contributed by atoms with van der Waals surface area (Å²) in [5.74, 6) is 0. The lowest BCUT2D eigenvalue weighted by Gasteiger charge is -2.22. The number of hydrogen-bond acceptors (Lipinski definition) is 1. The van der Waals surface area contributed by atoms with Crippen molar-refractivity contribution < 1.29 is 0 Å². The van der Waals surface area contributed by atoms with Crippen molar-refractivity contribution in [1.29, 1.82) is 0 Å². The maximum atomic E-state index is 2.52. The zero-order valence-electron chi connectivity index (χ0n) is 11.8. The Morgan fingerprint density at radius 1 is 1.00 bits per heavy atom. The quantitative estimate of drug-likeness (QED) is 0.551. The maximum Gasteiger partial charge on any atom is 0.0232 e. The van der Waals surface area contributed by atoms with Crippen LogP contribution in [0.15, 0.2) is 23.3 Å². The molecule has 0 atom stereocenters. The molecular weight excluding hydrogens is 194 g/mol. The molecule has 0 fully saturated rings. The van der Waals surface area contributed by atoms with Gasteiger partial charge in [0.15, 0.2) is 0 Å². The molecule has 0 saturated carbocycles. The zero-order chi connectivity index (χ0) is 12.4. The second-order valence-electron chi connectivity index (χ2n) is 4.30. The summed E-state index contributed by atoms with van der Waals surface area (Å²) < 4.78 is 0. The van der Waals surface area contributed by atoms with E-state index in [-0.39, 0.29) is 0 Å². The predicted molar refractivity (Wildman–Crippen MR) is 74.8 cm³/mol. The average Bonchev–Trinajstić information content (AvgIpc) is 2.27. The summed E-state index contributed by atoms with van der Waals surface area (Å²) >= 11 is 0. The smallest absolute Gasteiger partial charge is 0.0232 e. The fraction of sp³-hybridized carbons (Fsp3) is 0.733. The van der Waals surface area contributed by atoms with Gasteiger partial charge in [-0.2, -0.15) is 0 Å². The molecule has 0 aromatic rings. The van der Waals surface area contributed by atoms with Gasteiger partial charge in [-0.05, 0) is 44.8 Å². The Kier molecular flexibility index (Phi) is 9.31. The van der Waals surface area contributed by atoms with Crippen molar-refractivity contribution in [2.75, 3.05) is 19.6 Å². The van der Waals surface area contributed by atoms with Gasteiger partial charge in [-0.15, -0.1) is 0 Å². The summed E-state index contributed by atoms with van der Waals surface area (Å²) in [7, 11) is 0. The summed E-state index contributed by atoms with van der Waals surface area (Å²) in [5, 5.41) is 0. The molecule has 0 aliphatic carbocycles. The lowest BCUT2D eigenvalue weighted by molar-refractivity contribution is 0.314. The average molecular weight is 223 g/mol. The van der Waals surface area contributed by atoms with Crippen LogP contribution in [0.2, 0.25) is 0 Å². The summed E-state index contributed by atoms with van der Waals surface area (Å²) in [4.78, 5) is 2.52. The summed E-state index contributed by atoms with van der Waals surface area (Å²) in [6.45, 7) is 14.6. The van der Waals surface area contributed by atoms with Gasteiger partial charge in [-0.25, -0.2) is 0 Å². The Morgan fingerprint density at radius 2 is 1.62 bits per heavy atom. The molecule has 0 aliphatic rings. The van der Waals surface area contributed by atoms with Gasteiger partial charge in [0.1, 0.15) is 0 Å². The van der Waals surface area contributed by atoms with Crippen molar-refractivity contribution in [3.63, 3.8) is 0 Å². The van der Waals surface area contributed by atoms with Crippen molar-refractivity contribution in [2.24, 2.45) is 0 Å². The highest BCUT2D eigenvalue weighted by Gasteiger charge is 2.05. The van der Waals surface area contributed by atoms with Gasteiger partial charge in [0, 0.05) is 6.54 Å². The fourth-order valence-electron chi connectivity index (χ4n) is 1.94. The SMILES string of the molecule is CC/C=C(C)\C(=C/CC)CN(CC)CCC. The molecule has 0 spiro atoms. The minimum absolute atomic E-state index is 1.11. The van der Waals surface area contributed by atoms with Crippen LogP contribution in [0.1, 0.15) is 53.9 Å². The lowest BCUT2D eigenvalue weighted by atomic mass is 10.0. The fourth-order valence-corrected chi connectivity index (χ4v) is 1.94. The normalized spacial score (nSPS) is 13.6. The molecule has 94 valence electrons. The van der Waals surface area contributed by atoms with E-state index < -0.39 is 0 Å².